The molecule has 122 valence electrons. The van der Waals surface area contributed by atoms with Gasteiger partial charge in [-0.15, -0.1) is 0 Å². The summed E-state index contributed by atoms with van der Waals surface area (Å²) < 4.78 is 21.7. The van der Waals surface area contributed by atoms with Crippen LogP contribution in [0.3, 0.4) is 0 Å². The zero-order valence-corrected chi connectivity index (χ0v) is 13.3. The van der Waals surface area contributed by atoms with Crippen LogP contribution in [0.1, 0.15) is 35.9 Å². The van der Waals surface area contributed by atoms with Gasteiger partial charge in [-0.2, -0.15) is 5.10 Å². The van der Waals surface area contributed by atoms with E-state index in [0.29, 0.717) is 25.4 Å². The van der Waals surface area contributed by atoms with Gasteiger partial charge < -0.3 is 9.64 Å². The molecule has 0 amide bonds. The Bertz CT molecular complexity index is 714. The summed E-state index contributed by atoms with van der Waals surface area (Å²) in [7, 11) is 0. The van der Waals surface area contributed by atoms with Crippen LogP contribution >= 0.6 is 0 Å². The number of aromatic nitrogens is 2. The van der Waals surface area contributed by atoms with E-state index in [1.165, 1.54) is 13.0 Å². The highest BCUT2D eigenvalue weighted by Crippen LogP contribution is 2.29. The first kappa shape index (κ1) is 15.7. The van der Waals surface area contributed by atoms with E-state index in [1.807, 2.05) is 22.7 Å². The van der Waals surface area contributed by atoms with Crippen molar-refractivity contribution in [3.63, 3.8) is 0 Å². The molecule has 5 nitrogen and oxygen atoms in total. The highest BCUT2D eigenvalue weighted by molar-refractivity contribution is 6.00. The third-order valence-electron chi connectivity index (χ3n) is 4.10. The SMILES string of the molecule is CCn1cc(C2CN(c3cccc(F)c3C(C)=O)CCO2)cn1. The smallest absolute Gasteiger partial charge is 0.164 e. The van der Waals surface area contributed by atoms with E-state index < -0.39 is 5.82 Å². The molecule has 2 heterocycles. The van der Waals surface area contributed by atoms with Gasteiger partial charge >= 0.3 is 0 Å². The van der Waals surface area contributed by atoms with Crippen LogP contribution in [0.25, 0.3) is 0 Å². The fourth-order valence-corrected chi connectivity index (χ4v) is 2.91. The number of carbonyl (C=O) groups is 1. The first-order chi connectivity index (χ1) is 11.1. The zero-order valence-electron chi connectivity index (χ0n) is 13.3. The summed E-state index contributed by atoms with van der Waals surface area (Å²) in [5.41, 5.74) is 1.78. The fourth-order valence-electron chi connectivity index (χ4n) is 2.91. The average Bonchev–Trinajstić information content (AvgIpc) is 3.03. The highest BCUT2D eigenvalue weighted by atomic mass is 19.1. The van der Waals surface area contributed by atoms with E-state index in [-0.39, 0.29) is 17.5 Å². The number of hydrogen-bond donors (Lipinski definition) is 0. The van der Waals surface area contributed by atoms with E-state index in [9.17, 15) is 9.18 Å². The van der Waals surface area contributed by atoms with Crippen molar-refractivity contribution >= 4 is 11.5 Å². The molecule has 1 atom stereocenters. The molecule has 0 radical (unpaired) electrons. The maximum absolute atomic E-state index is 14.0. The van der Waals surface area contributed by atoms with E-state index in [0.717, 1.165) is 12.1 Å². The molecule has 1 aliphatic rings. The van der Waals surface area contributed by atoms with Crippen LogP contribution in [-0.4, -0.2) is 35.3 Å². The number of morpholine rings is 1. The third kappa shape index (κ3) is 3.12. The monoisotopic (exact) mass is 317 g/mol. The Labute approximate surface area is 134 Å². The molecule has 0 N–H and O–H groups in total. The molecule has 2 aromatic rings. The largest absolute Gasteiger partial charge is 0.370 e. The number of halogens is 1. The highest BCUT2D eigenvalue weighted by Gasteiger charge is 2.26. The molecule has 1 unspecified atom stereocenters. The third-order valence-corrected chi connectivity index (χ3v) is 4.10. The Morgan fingerprint density at radius 3 is 3.00 bits per heavy atom. The van der Waals surface area contributed by atoms with Crippen molar-refractivity contribution in [2.75, 3.05) is 24.6 Å². The van der Waals surface area contributed by atoms with Crippen molar-refractivity contribution in [1.82, 2.24) is 9.78 Å². The maximum atomic E-state index is 14.0. The molecule has 1 aromatic heterocycles. The molecule has 3 rings (SSSR count). The number of anilines is 1. The normalized spacial score (nSPS) is 18.2. The van der Waals surface area contributed by atoms with Crippen molar-refractivity contribution in [3.8, 4) is 0 Å². The second kappa shape index (κ2) is 6.50. The number of benzene rings is 1. The number of ketones is 1. The standard InChI is InChI=1S/C17H20FN3O2/c1-3-21-10-13(9-19-21)16-11-20(7-8-23-16)15-6-4-5-14(18)17(15)12(2)22/h4-6,9-10,16H,3,7-8,11H2,1-2H3. The minimum absolute atomic E-state index is 0.132. The number of nitrogens with zero attached hydrogens (tertiary/aromatic N) is 3. The summed E-state index contributed by atoms with van der Waals surface area (Å²) in [6, 6.07) is 4.75. The molecule has 6 heteroatoms. The number of hydrogen-bond acceptors (Lipinski definition) is 4. The second-order valence-corrected chi connectivity index (χ2v) is 5.62. The van der Waals surface area contributed by atoms with Gasteiger partial charge in [0.05, 0.1) is 24.1 Å². The first-order valence-corrected chi connectivity index (χ1v) is 7.78. The topological polar surface area (TPSA) is 47.4 Å². The molecule has 23 heavy (non-hydrogen) atoms. The molecule has 0 saturated carbocycles. The summed E-state index contributed by atoms with van der Waals surface area (Å²) in [4.78, 5) is 13.8. The van der Waals surface area contributed by atoms with E-state index in [4.69, 9.17) is 4.74 Å². The van der Waals surface area contributed by atoms with Crippen molar-refractivity contribution in [1.29, 1.82) is 0 Å². The van der Waals surface area contributed by atoms with E-state index in [2.05, 4.69) is 5.10 Å². The number of Topliss-reactive ketones (excluding diaryl/α,β-unsaturated/α-hetero) is 1. The summed E-state index contributed by atoms with van der Waals surface area (Å²) in [5.74, 6) is -0.739. The minimum Gasteiger partial charge on any atom is -0.370 e. The molecule has 1 fully saturated rings. The molecule has 0 aliphatic carbocycles. The van der Waals surface area contributed by atoms with Crippen molar-refractivity contribution < 1.29 is 13.9 Å². The van der Waals surface area contributed by atoms with Gasteiger partial charge in [-0.25, -0.2) is 4.39 Å². The van der Waals surface area contributed by atoms with Crippen molar-refractivity contribution in [2.45, 2.75) is 26.5 Å². The van der Waals surface area contributed by atoms with Crippen LogP contribution in [-0.2, 0) is 11.3 Å². The zero-order chi connectivity index (χ0) is 16.4. The van der Waals surface area contributed by atoms with Gasteiger partial charge in [-0.1, -0.05) is 6.07 Å². The Balaban J connectivity index is 1.87. The van der Waals surface area contributed by atoms with Gasteiger partial charge in [0.2, 0.25) is 0 Å². The Morgan fingerprint density at radius 2 is 2.30 bits per heavy atom. The van der Waals surface area contributed by atoms with Crippen LogP contribution in [0.4, 0.5) is 10.1 Å². The summed E-state index contributed by atoms with van der Waals surface area (Å²) in [5, 5.41) is 4.27. The Morgan fingerprint density at radius 1 is 1.48 bits per heavy atom. The van der Waals surface area contributed by atoms with E-state index >= 15 is 0 Å². The predicted molar refractivity (Wildman–Crippen MR) is 85.2 cm³/mol. The lowest BCUT2D eigenvalue weighted by Crippen LogP contribution is -2.39. The molecule has 1 saturated heterocycles. The average molecular weight is 317 g/mol. The Hall–Kier alpha value is -2.21. The summed E-state index contributed by atoms with van der Waals surface area (Å²) >= 11 is 0. The number of aryl methyl sites for hydroxylation is 1. The quantitative estimate of drug-likeness (QED) is 0.814. The molecule has 1 aromatic carbocycles. The van der Waals surface area contributed by atoms with Gasteiger partial charge in [0.1, 0.15) is 11.9 Å². The molecular weight excluding hydrogens is 297 g/mol. The molecule has 0 bridgehead atoms. The van der Waals surface area contributed by atoms with Crippen LogP contribution < -0.4 is 4.90 Å². The number of carbonyl (C=O) groups excluding carboxylic acids is 1. The first-order valence-electron chi connectivity index (χ1n) is 7.78. The van der Waals surface area contributed by atoms with E-state index in [1.54, 1.807) is 18.3 Å². The number of ether oxygens (including phenoxy) is 1. The predicted octanol–water partition coefficient (Wildman–Crippen LogP) is 2.82. The van der Waals surface area contributed by atoms with Gasteiger partial charge in [-0.05, 0) is 26.0 Å². The van der Waals surface area contributed by atoms with Gasteiger partial charge in [0, 0.05) is 31.4 Å². The summed E-state index contributed by atoms with van der Waals surface area (Å²) in [6.07, 6.45) is 3.63. The lowest BCUT2D eigenvalue weighted by molar-refractivity contribution is 0.0396. The molecule has 1 aliphatic heterocycles. The van der Waals surface area contributed by atoms with Crippen molar-refractivity contribution in [2.24, 2.45) is 0 Å². The van der Waals surface area contributed by atoms with Crippen molar-refractivity contribution in [3.05, 3.63) is 47.5 Å². The van der Waals surface area contributed by atoms with Crippen LogP contribution in [0, 0.1) is 5.82 Å². The lowest BCUT2D eigenvalue weighted by Gasteiger charge is -2.35. The molecular formula is C17H20FN3O2. The van der Waals surface area contributed by atoms with Gasteiger partial charge in [0.25, 0.3) is 0 Å². The van der Waals surface area contributed by atoms with Gasteiger partial charge in [-0.3, -0.25) is 9.48 Å². The minimum atomic E-state index is -0.475. The maximum Gasteiger partial charge on any atom is 0.164 e. The fraction of sp³-hybridized carbons (Fsp3) is 0.412. The number of rotatable bonds is 4. The molecule has 0 spiro atoms. The lowest BCUT2D eigenvalue weighted by atomic mass is 10.1. The van der Waals surface area contributed by atoms with Gasteiger partial charge in [0.15, 0.2) is 5.78 Å². The Kier molecular flexibility index (Phi) is 4.43. The van der Waals surface area contributed by atoms with Crippen LogP contribution in [0.5, 0.6) is 0 Å². The second-order valence-electron chi connectivity index (χ2n) is 5.62. The summed E-state index contributed by atoms with van der Waals surface area (Å²) in [6.45, 7) is 5.94. The van der Waals surface area contributed by atoms with Crippen LogP contribution in [0.2, 0.25) is 0 Å². The van der Waals surface area contributed by atoms with Crippen LogP contribution in [0.15, 0.2) is 30.6 Å².